The summed E-state index contributed by atoms with van der Waals surface area (Å²) in [4.78, 5) is 0. The maximum absolute atomic E-state index is 9.30. The smallest absolute Gasteiger partial charge is 0.0871 e. The fourth-order valence-corrected chi connectivity index (χ4v) is 2.38. The second-order valence-electron chi connectivity index (χ2n) is 6.04. The molecule has 0 heterocycles. The van der Waals surface area contributed by atoms with Gasteiger partial charge in [-0.3, -0.25) is 0 Å². The molecule has 1 atom stereocenters. The summed E-state index contributed by atoms with van der Waals surface area (Å²) in [6, 6.07) is 10.3. The third-order valence-corrected chi connectivity index (χ3v) is 3.58. The summed E-state index contributed by atoms with van der Waals surface area (Å²) in [6.07, 6.45) is 4.42. The molecule has 0 spiro atoms. The second kappa shape index (κ2) is 11.9. The van der Waals surface area contributed by atoms with Crippen LogP contribution in [0.25, 0.3) is 0 Å². The van der Waals surface area contributed by atoms with Gasteiger partial charge in [-0.1, -0.05) is 55.4 Å². The first-order chi connectivity index (χ1) is 11.2. The standard InChI is InChI=1S/C19H30N2O2/c1-4-9-17(15-23-13-8-12-20-16(2)3)14-19(21-22)18-10-6-5-7-11-18/h4-7,10-11,16-17,20,22H,1,8-9,12-15H2,2-3H3. The molecule has 0 aliphatic carbocycles. The number of hydrogen-bond acceptors (Lipinski definition) is 4. The van der Waals surface area contributed by atoms with Gasteiger partial charge in [-0.25, -0.2) is 0 Å². The van der Waals surface area contributed by atoms with E-state index in [-0.39, 0.29) is 5.92 Å². The summed E-state index contributed by atoms with van der Waals surface area (Å²) >= 11 is 0. The molecule has 0 amide bonds. The van der Waals surface area contributed by atoms with Crippen LogP contribution in [0.5, 0.6) is 0 Å². The molecule has 0 bridgehead atoms. The van der Waals surface area contributed by atoms with E-state index in [0.29, 0.717) is 24.8 Å². The van der Waals surface area contributed by atoms with E-state index in [0.717, 1.165) is 31.6 Å². The average molecular weight is 318 g/mol. The van der Waals surface area contributed by atoms with Gasteiger partial charge < -0.3 is 15.3 Å². The van der Waals surface area contributed by atoms with Crippen LogP contribution in [0.3, 0.4) is 0 Å². The van der Waals surface area contributed by atoms with Crippen molar-refractivity contribution in [1.29, 1.82) is 0 Å². The molecule has 0 saturated carbocycles. The maximum atomic E-state index is 9.30. The molecule has 1 unspecified atom stereocenters. The van der Waals surface area contributed by atoms with E-state index < -0.39 is 0 Å². The van der Waals surface area contributed by atoms with Crippen LogP contribution >= 0.6 is 0 Å². The highest BCUT2D eigenvalue weighted by atomic mass is 16.5. The molecule has 1 rings (SSSR count). The van der Waals surface area contributed by atoms with Crippen molar-refractivity contribution in [2.45, 2.75) is 39.2 Å². The van der Waals surface area contributed by atoms with Crippen LogP contribution in [0.1, 0.15) is 38.7 Å². The van der Waals surface area contributed by atoms with Crippen molar-refractivity contribution in [2.24, 2.45) is 11.1 Å². The van der Waals surface area contributed by atoms with E-state index in [9.17, 15) is 5.21 Å². The molecule has 23 heavy (non-hydrogen) atoms. The Balaban J connectivity index is 2.40. The van der Waals surface area contributed by atoms with E-state index >= 15 is 0 Å². The number of hydrogen-bond donors (Lipinski definition) is 2. The molecular formula is C19H30N2O2. The Morgan fingerprint density at radius 2 is 2.09 bits per heavy atom. The summed E-state index contributed by atoms with van der Waals surface area (Å²) in [5, 5.41) is 16.2. The highest BCUT2D eigenvalue weighted by molar-refractivity contribution is 6.00. The first kappa shape index (κ1) is 19.4. The Hall–Kier alpha value is -1.65. The van der Waals surface area contributed by atoms with Gasteiger partial charge in [-0.2, -0.15) is 0 Å². The zero-order valence-electron chi connectivity index (χ0n) is 14.4. The molecule has 4 nitrogen and oxygen atoms in total. The van der Waals surface area contributed by atoms with Crippen molar-refractivity contribution in [2.75, 3.05) is 19.8 Å². The minimum absolute atomic E-state index is 0.275. The molecule has 128 valence electrons. The van der Waals surface area contributed by atoms with Gasteiger partial charge in [0.05, 0.1) is 12.3 Å². The van der Waals surface area contributed by atoms with Gasteiger partial charge in [0.25, 0.3) is 0 Å². The summed E-state index contributed by atoms with van der Waals surface area (Å²) in [5.41, 5.74) is 1.65. The van der Waals surface area contributed by atoms with E-state index in [4.69, 9.17) is 4.74 Å². The number of allylic oxidation sites excluding steroid dienone is 1. The third-order valence-electron chi connectivity index (χ3n) is 3.58. The molecule has 4 heteroatoms. The Bertz CT molecular complexity index is 458. The van der Waals surface area contributed by atoms with Gasteiger partial charge >= 0.3 is 0 Å². The molecular weight excluding hydrogens is 288 g/mol. The van der Waals surface area contributed by atoms with Gasteiger partial charge in [0.1, 0.15) is 0 Å². The zero-order chi connectivity index (χ0) is 16.9. The van der Waals surface area contributed by atoms with Crippen LogP contribution < -0.4 is 5.32 Å². The van der Waals surface area contributed by atoms with Crippen LogP contribution in [0.4, 0.5) is 0 Å². The number of nitrogens with zero attached hydrogens (tertiary/aromatic N) is 1. The lowest BCUT2D eigenvalue weighted by atomic mass is 9.95. The minimum Gasteiger partial charge on any atom is -0.411 e. The lowest BCUT2D eigenvalue weighted by Crippen LogP contribution is -2.25. The van der Waals surface area contributed by atoms with Crippen molar-refractivity contribution < 1.29 is 9.94 Å². The monoisotopic (exact) mass is 318 g/mol. The molecule has 0 radical (unpaired) electrons. The Morgan fingerprint density at radius 3 is 2.70 bits per heavy atom. The third kappa shape index (κ3) is 8.53. The Morgan fingerprint density at radius 1 is 1.35 bits per heavy atom. The van der Waals surface area contributed by atoms with Crippen LogP contribution in [-0.2, 0) is 4.74 Å². The fraction of sp³-hybridized carbons (Fsp3) is 0.526. The molecule has 1 aromatic carbocycles. The zero-order valence-corrected chi connectivity index (χ0v) is 14.4. The van der Waals surface area contributed by atoms with Crippen LogP contribution in [0.15, 0.2) is 48.1 Å². The molecule has 2 N–H and O–H groups in total. The first-order valence-electron chi connectivity index (χ1n) is 8.35. The highest BCUT2D eigenvalue weighted by Gasteiger charge is 2.13. The normalized spacial score (nSPS) is 13.3. The quantitative estimate of drug-likeness (QED) is 0.202. The first-order valence-corrected chi connectivity index (χ1v) is 8.35. The average Bonchev–Trinajstić information content (AvgIpc) is 2.56. The molecule has 0 aliphatic rings. The molecule has 1 aromatic rings. The molecule has 0 saturated heterocycles. The number of ether oxygens (including phenoxy) is 1. The van der Waals surface area contributed by atoms with E-state index in [1.807, 2.05) is 36.4 Å². The number of benzene rings is 1. The lowest BCUT2D eigenvalue weighted by molar-refractivity contribution is 0.0996. The van der Waals surface area contributed by atoms with Gasteiger partial charge in [0.15, 0.2) is 0 Å². The van der Waals surface area contributed by atoms with Gasteiger partial charge in [-0.15, -0.1) is 6.58 Å². The van der Waals surface area contributed by atoms with E-state index in [1.165, 1.54) is 0 Å². The number of rotatable bonds is 12. The van der Waals surface area contributed by atoms with Crippen LogP contribution in [0, 0.1) is 5.92 Å². The topological polar surface area (TPSA) is 53.8 Å². The summed E-state index contributed by atoms with van der Waals surface area (Å²) in [7, 11) is 0. The van der Waals surface area contributed by atoms with Gasteiger partial charge in [-0.05, 0) is 37.3 Å². The fourth-order valence-electron chi connectivity index (χ4n) is 2.38. The van der Waals surface area contributed by atoms with Crippen molar-refractivity contribution >= 4 is 5.71 Å². The Labute approximate surface area is 140 Å². The number of nitrogens with one attached hydrogen (secondary N) is 1. The predicted molar refractivity (Wildman–Crippen MR) is 96.3 cm³/mol. The van der Waals surface area contributed by atoms with Gasteiger partial charge in [0.2, 0.25) is 0 Å². The van der Waals surface area contributed by atoms with Crippen molar-refractivity contribution in [1.82, 2.24) is 5.32 Å². The molecule has 0 aromatic heterocycles. The van der Waals surface area contributed by atoms with Gasteiger partial charge in [0, 0.05) is 12.6 Å². The minimum atomic E-state index is 0.275. The van der Waals surface area contributed by atoms with E-state index in [2.05, 4.69) is 30.9 Å². The molecule has 0 aliphatic heterocycles. The van der Waals surface area contributed by atoms with E-state index in [1.54, 1.807) is 0 Å². The summed E-state index contributed by atoms with van der Waals surface area (Å²) < 4.78 is 5.79. The Kier molecular flexibility index (Phi) is 10.00. The second-order valence-corrected chi connectivity index (χ2v) is 6.04. The highest BCUT2D eigenvalue weighted by Crippen LogP contribution is 2.15. The SMILES string of the molecule is C=CCC(COCCCNC(C)C)CC(=NO)c1ccccc1. The van der Waals surface area contributed by atoms with Crippen molar-refractivity contribution in [3.8, 4) is 0 Å². The van der Waals surface area contributed by atoms with Crippen molar-refractivity contribution in [3.63, 3.8) is 0 Å². The largest absolute Gasteiger partial charge is 0.411 e. The van der Waals surface area contributed by atoms with Crippen LogP contribution in [0.2, 0.25) is 0 Å². The predicted octanol–water partition coefficient (Wildman–Crippen LogP) is 3.85. The number of oxime groups is 1. The van der Waals surface area contributed by atoms with Crippen molar-refractivity contribution in [3.05, 3.63) is 48.6 Å². The van der Waals surface area contributed by atoms with Crippen LogP contribution in [-0.4, -0.2) is 36.7 Å². The summed E-state index contributed by atoms with van der Waals surface area (Å²) in [6.45, 7) is 10.5. The lowest BCUT2D eigenvalue weighted by Gasteiger charge is -2.16. The summed E-state index contributed by atoms with van der Waals surface area (Å²) in [5.74, 6) is 0.275. The molecule has 0 fully saturated rings. The maximum Gasteiger partial charge on any atom is 0.0871 e.